The quantitative estimate of drug-likeness (QED) is 0.519. The first-order valence-corrected chi connectivity index (χ1v) is 10.8. The molecular weight excluding hydrogens is 388 g/mol. The third-order valence-corrected chi connectivity index (χ3v) is 5.69. The zero-order valence-corrected chi connectivity index (χ0v) is 18.0. The molecule has 0 aliphatic heterocycles. The van der Waals surface area contributed by atoms with Gasteiger partial charge < -0.3 is 5.32 Å². The molecule has 158 valence electrons. The fourth-order valence-corrected chi connectivity index (χ4v) is 4.02. The van der Waals surface area contributed by atoms with Crippen LogP contribution in [-0.4, -0.2) is 36.5 Å². The first-order valence-electron chi connectivity index (χ1n) is 10.8. The number of carbonyl (C=O) groups is 1. The molecule has 3 heterocycles. The Morgan fingerprint density at radius 2 is 1.94 bits per heavy atom. The zero-order valence-electron chi connectivity index (χ0n) is 18.0. The summed E-state index contributed by atoms with van der Waals surface area (Å²) in [4.78, 5) is 18.3. The van der Waals surface area contributed by atoms with E-state index in [1.54, 1.807) is 0 Å². The summed E-state index contributed by atoms with van der Waals surface area (Å²) < 4.78 is 3.71. The number of hydrogen-bond donors (Lipinski definition) is 1. The van der Waals surface area contributed by atoms with E-state index >= 15 is 0 Å². The molecule has 1 saturated carbocycles. The first-order chi connectivity index (χ1) is 15.0. The second-order valence-corrected chi connectivity index (χ2v) is 8.45. The second kappa shape index (κ2) is 7.65. The van der Waals surface area contributed by atoms with E-state index < -0.39 is 0 Å². The summed E-state index contributed by atoms with van der Waals surface area (Å²) in [6, 6.07) is 13.8. The van der Waals surface area contributed by atoms with Crippen LogP contribution in [0.4, 0.5) is 0 Å². The van der Waals surface area contributed by atoms with E-state index in [1.165, 1.54) is 0 Å². The standard InChI is InChI=1S/C24H26N6O/c1-15-11-12-29(27-15)14-16(2)25-24(31)20-13-21(18-9-10-18)26-23-22(20)17(3)28-30(23)19-7-5-4-6-8-19/h4-8,11-13,16,18H,9-10,14H2,1-3H3,(H,25,31)/t16-/m0/s1. The van der Waals surface area contributed by atoms with Crippen LogP contribution >= 0.6 is 0 Å². The summed E-state index contributed by atoms with van der Waals surface area (Å²) in [6.45, 7) is 6.51. The Bertz CT molecular complexity index is 1250. The van der Waals surface area contributed by atoms with Crippen LogP contribution < -0.4 is 5.32 Å². The van der Waals surface area contributed by atoms with Gasteiger partial charge in [0.1, 0.15) is 0 Å². The van der Waals surface area contributed by atoms with Crippen molar-refractivity contribution < 1.29 is 4.79 Å². The lowest BCUT2D eigenvalue weighted by Gasteiger charge is -2.15. The third kappa shape index (κ3) is 3.83. The molecule has 0 spiro atoms. The molecule has 3 aromatic heterocycles. The highest BCUT2D eigenvalue weighted by atomic mass is 16.1. The highest BCUT2D eigenvalue weighted by Gasteiger charge is 2.29. The molecule has 1 amide bonds. The summed E-state index contributed by atoms with van der Waals surface area (Å²) in [5, 5.41) is 13.1. The minimum atomic E-state index is -0.0959. The number of fused-ring (bicyclic) bond motifs is 1. The van der Waals surface area contributed by atoms with E-state index in [2.05, 4.69) is 10.4 Å². The van der Waals surface area contributed by atoms with Crippen LogP contribution in [0.15, 0.2) is 48.7 Å². The number of carbonyl (C=O) groups excluding carboxylic acids is 1. The molecule has 1 aliphatic carbocycles. The maximum Gasteiger partial charge on any atom is 0.252 e. The molecule has 0 radical (unpaired) electrons. The highest BCUT2D eigenvalue weighted by Crippen LogP contribution is 2.40. The SMILES string of the molecule is Cc1ccn(C[C@H](C)NC(=O)c2cc(C3CC3)nc3c2c(C)nn3-c2ccccc2)n1. The van der Waals surface area contributed by atoms with Crippen LogP contribution in [0.2, 0.25) is 0 Å². The van der Waals surface area contributed by atoms with E-state index in [4.69, 9.17) is 10.1 Å². The molecule has 1 aromatic carbocycles. The minimum absolute atomic E-state index is 0.0659. The van der Waals surface area contributed by atoms with E-state index in [1.807, 2.05) is 78.8 Å². The van der Waals surface area contributed by atoms with Crippen molar-refractivity contribution in [2.24, 2.45) is 0 Å². The predicted octanol–water partition coefficient (Wildman–Crippen LogP) is 3.93. The number of para-hydroxylation sites is 1. The fraction of sp³-hybridized carbons (Fsp3) is 0.333. The average Bonchev–Trinajstić information content (AvgIpc) is 3.46. The Morgan fingerprint density at radius 1 is 1.16 bits per heavy atom. The van der Waals surface area contributed by atoms with Crippen molar-refractivity contribution in [1.29, 1.82) is 0 Å². The molecule has 5 rings (SSSR count). The van der Waals surface area contributed by atoms with E-state index in [-0.39, 0.29) is 11.9 Å². The minimum Gasteiger partial charge on any atom is -0.348 e. The van der Waals surface area contributed by atoms with Crippen LogP contribution in [0.1, 0.15) is 53.1 Å². The Kier molecular flexibility index (Phi) is 4.81. The molecule has 4 aromatic rings. The van der Waals surface area contributed by atoms with Crippen molar-refractivity contribution in [1.82, 2.24) is 29.9 Å². The fourth-order valence-electron chi connectivity index (χ4n) is 4.02. The zero-order chi connectivity index (χ0) is 21.5. The number of nitrogens with zero attached hydrogens (tertiary/aromatic N) is 5. The summed E-state index contributed by atoms with van der Waals surface area (Å²) in [5.74, 6) is 0.334. The smallest absolute Gasteiger partial charge is 0.252 e. The van der Waals surface area contributed by atoms with Crippen molar-refractivity contribution in [2.45, 2.75) is 52.1 Å². The third-order valence-electron chi connectivity index (χ3n) is 5.69. The van der Waals surface area contributed by atoms with Crippen LogP contribution in [-0.2, 0) is 6.54 Å². The van der Waals surface area contributed by atoms with Gasteiger partial charge in [0.15, 0.2) is 5.65 Å². The van der Waals surface area contributed by atoms with Gasteiger partial charge in [0.25, 0.3) is 5.91 Å². The predicted molar refractivity (Wildman–Crippen MR) is 119 cm³/mol. The summed E-state index contributed by atoms with van der Waals surface area (Å²) >= 11 is 0. The van der Waals surface area contributed by atoms with Crippen molar-refractivity contribution in [3.63, 3.8) is 0 Å². The van der Waals surface area contributed by atoms with E-state index in [0.29, 0.717) is 18.0 Å². The largest absolute Gasteiger partial charge is 0.348 e. The van der Waals surface area contributed by atoms with Crippen molar-refractivity contribution in [3.8, 4) is 5.69 Å². The lowest BCUT2D eigenvalue weighted by atomic mass is 10.1. The number of amides is 1. The van der Waals surface area contributed by atoms with E-state index in [9.17, 15) is 4.79 Å². The molecule has 0 unspecified atom stereocenters. The van der Waals surface area contributed by atoms with Crippen LogP contribution in [0.3, 0.4) is 0 Å². The van der Waals surface area contributed by atoms with E-state index in [0.717, 1.165) is 46.6 Å². The number of aromatic nitrogens is 5. The first kappa shape index (κ1) is 19.5. The second-order valence-electron chi connectivity index (χ2n) is 8.45. The van der Waals surface area contributed by atoms with Gasteiger partial charge in [0.2, 0.25) is 0 Å². The monoisotopic (exact) mass is 414 g/mol. The van der Waals surface area contributed by atoms with Gasteiger partial charge in [-0.1, -0.05) is 18.2 Å². The van der Waals surface area contributed by atoms with Gasteiger partial charge in [-0.2, -0.15) is 10.2 Å². The Morgan fingerprint density at radius 3 is 2.61 bits per heavy atom. The molecule has 1 N–H and O–H groups in total. The lowest BCUT2D eigenvalue weighted by molar-refractivity contribution is 0.0937. The molecule has 7 nitrogen and oxygen atoms in total. The maximum atomic E-state index is 13.4. The number of aryl methyl sites for hydroxylation is 2. The van der Waals surface area contributed by atoms with Crippen LogP contribution in [0.5, 0.6) is 0 Å². The number of benzene rings is 1. The molecule has 1 atom stereocenters. The van der Waals surface area contributed by atoms with Crippen molar-refractivity contribution in [2.75, 3.05) is 0 Å². The van der Waals surface area contributed by atoms with Crippen LogP contribution in [0, 0.1) is 13.8 Å². The van der Waals surface area contributed by atoms with Crippen LogP contribution in [0.25, 0.3) is 16.7 Å². The number of pyridine rings is 1. The molecule has 1 fully saturated rings. The van der Waals surface area contributed by atoms with Gasteiger partial charge in [0.05, 0.1) is 34.6 Å². The Labute approximate surface area is 181 Å². The van der Waals surface area contributed by atoms with Crippen molar-refractivity contribution >= 4 is 16.9 Å². The topological polar surface area (TPSA) is 77.6 Å². The van der Waals surface area contributed by atoms with Gasteiger partial charge in [-0.15, -0.1) is 0 Å². The highest BCUT2D eigenvalue weighted by molar-refractivity contribution is 6.07. The molecule has 7 heteroatoms. The molecule has 1 aliphatic rings. The van der Waals surface area contributed by atoms with Gasteiger partial charge in [-0.25, -0.2) is 9.67 Å². The van der Waals surface area contributed by atoms with Gasteiger partial charge >= 0.3 is 0 Å². The Balaban J connectivity index is 1.53. The average molecular weight is 415 g/mol. The van der Waals surface area contributed by atoms with Gasteiger partial charge in [-0.05, 0) is 57.9 Å². The molecule has 31 heavy (non-hydrogen) atoms. The Hall–Kier alpha value is -3.48. The number of hydrogen-bond acceptors (Lipinski definition) is 4. The lowest BCUT2D eigenvalue weighted by Crippen LogP contribution is -2.36. The normalized spacial score (nSPS) is 14.7. The number of rotatable bonds is 6. The van der Waals surface area contributed by atoms with Gasteiger partial charge in [-0.3, -0.25) is 9.48 Å². The molecule has 0 bridgehead atoms. The van der Waals surface area contributed by atoms with Crippen molar-refractivity contribution in [3.05, 3.63) is 71.3 Å². The molecule has 0 saturated heterocycles. The maximum absolute atomic E-state index is 13.4. The summed E-state index contributed by atoms with van der Waals surface area (Å²) in [7, 11) is 0. The molecular formula is C24H26N6O. The van der Waals surface area contributed by atoms with Gasteiger partial charge in [0, 0.05) is 23.9 Å². The number of nitrogens with one attached hydrogen (secondary N) is 1. The summed E-state index contributed by atoms with van der Waals surface area (Å²) in [6.07, 6.45) is 4.17. The summed E-state index contributed by atoms with van der Waals surface area (Å²) in [5.41, 5.74) is 5.07.